The van der Waals surface area contributed by atoms with Gasteiger partial charge >= 0.3 is 0 Å². The minimum absolute atomic E-state index is 0.250. The first kappa shape index (κ1) is 12.1. The highest BCUT2D eigenvalue weighted by molar-refractivity contribution is 5.32. The van der Waals surface area contributed by atoms with E-state index in [1.54, 1.807) is 0 Å². The summed E-state index contributed by atoms with van der Waals surface area (Å²) >= 11 is 0. The van der Waals surface area contributed by atoms with Gasteiger partial charge in [0.1, 0.15) is 0 Å². The van der Waals surface area contributed by atoms with Crippen molar-refractivity contribution in [2.24, 2.45) is 0 Å². The Morgan fingerprint density at radius 2 is 1.30 bits per heavy atom. The van der Waals surface area contributed by atoms with E-state index in [1.165, 1.54) is 0 Å². The van der Waals surface area contributed by atoms with Crippen LogP contribution in [-0.4, -0.2) is 35.0 Å². The van der Waals surface area contributed by atoms with Crippen LogP contribution in [0.4, 0.5) is 0 Å². The van der Waals surface area contributed by atoms with Crippen molar-refractivity contribution in [2.75, 3.05) is 13.2 Å². The van der Waals surface area contributed by atoms with Gasteiger partial charge in [-0.2, -0.15) is 0 Å². The zero-order chi connectivity index (χ0) is 8.24. The van der Waals surface area contributed by atoms with Crippen LogP contribution < -0.4 is 0 Å². The second-order valence-corrected chi connectivity index (χ2v) is 1.61. The monoisotopic (exact) mass is 150 g/mol. The number of hydrogen-bond acceptors (Lipinski definition) is 3. The molecule has 0 atom stereocenters. The van der Waals surface area contributed by atoms with Gasteiger partial charge in [-0.15, -0.1) is 0 Å². The summed E-state index contributed by atoms with van der Waals surface area (Å²) in [6, 6.07) is 0. The molecule has 0 saturated carbocycles. The zero-order valence-electron chi connectivity index (χ0n) is 5.86. The molecule has 4 heteroatoms. The van der Waals surface area contributed by atoms with Crippen molar-refractivity contribution >= 4 is 6.47 Å². The first-order valence-corrected chi connectivity index (χ1v) is 3.13. The summed E-state index contributed by atoms with van der Waals surface area (Å²) in [7, 11) is 0. The largest absolute Gasteiger partial charge is 0.483 e. The molecule has 0 saturated heterocycles. The summed E-state index contributed by atoms with van der Waals surface area (Å²) in [6.07, 6.45) is 2.58. The van der Waals surface area contributed by atoms with E-state index in [9.17, 15) is 0 Å². The van der Waals surface area contributed by atoms with Crippen molar-refractivity contribution < 1.29 is 20.1 Å². The number of carboxylic acid groups (broad SMARTS) is 1. The van der Waals surface area contributed by atoms with Crippen LogP contribution in [0.2, 0.25) is 0 Å². The van der Waals surface area contributed by atoms with Gasteiger partial charge in [0, 0.05) is 13.2 Å². The summed E-state index contributed by atoms with van der Waals surface area (Å²) in [6.45, 7) is 0.250. The average molecular weight is 150 g/mol. The van der Waals surface area contributed by atoms with Crippen molar-refractivity contribution in [2.45, 2.75) is 19.3 Å². The number of unbranched alkanes of at least 4 members (excludes halogenated alkanes) is 2. The van der Waals surface area contributed by atoms with E-state index < -0.39 is 0 Å². The molecule has 0 unspecified atom stereocenters. The first-order valence-electron chi connectivity index (χ1n) is 3.13. The van der Waals surface area contributed by atoms with E-state index in [0.29, 0.717) is 0 Å². The topological polar surface area (TPSA) is 77.8 Å². The molecule has 62 valence electrons. The van der Waals surface area contributed by atoms with Crippen LogP contribution in [-0.2, 0) is 4.79 Å². The van der Waals surface area contributed by atoms with E-state index in [1.807, 2.05) is 0 Å². The number of aliphatic hydroxyl groups is 2. The molecule has 0 heterocycles. The highest BCUT2D eigenvalue weighted by atomic mass is 16.3. The van der Waals surface area contributed by atoms with Crippen molar-refractivity contribution in [3.8, 4) is 0 Å². The lowest BCUT2D eigenvalue weighted by Gasteiger charge is -1.90. The van der Waals surface area contributed by atoms with Crippen molar-refractivity contribution in [1.29, 1.82) is 0 Å². The van der Waals surface area contributed by atoms with Gasteiger partial charge in [-0.1, -0.05) is 0 Å². The number of carbonyl (C=O) groups is 1. The number of aliphatic hydroxyl groups excluding tert-OH is 2. The van der Waals surface area contributed by atoms with Crippen LogP contribution in [0.5, 0.6) is 0 Å². The lowest BCUT2D eigenvalue weighted by atomic mass is 10.2. The molecular formula is C6H14O4. The molecule has 0 aromatic rings. The van der Waals surface area contributed by atoms with E-state index in [0.717, 1.165) is 19.3 Å². The maximum absolute atomic E-state index is 8.36. The van der Waals surface area contributed by atoms with Crippen LogP contribution in [0.25, 0.3) is 0 Å². The molecule has 0 aromatic heterocycles. The van der Waals surface area contributed by atoms with E-state index in [2.05, 4.69) is 0 Å². The minimum Gasteiger partial charge on any atom is -0.483 e. The molecule has 0 rings (SSSR count). The Morgan fingerprint density at radius 1 is 1.00 bits per heavy atom. The molecule has 0 spiro atoms. The predicted octanol–water partition coefficient (Wildman–Crippen LogP) is -0.158. The van der Waals surface area contributed by atoms with E-state index in [4.69, 9.17) is 20.1 Å². The standard InChI is InChI=1S/C5H12O2.CH2O2/c6-4-2-1-3-5-7;2-1-3/h6-7H,1-5H2;1H,(H,2,3). The third-order valence-corrected chi connectivity index (χ3v) is 0.816. The molecule has 0 amide bonds. The Balaban J connectivity index is 0. The van der Waals surface area contributed by atoms with Gasteiger partial charge in [0.2, 0.25) is 0 Å². The molecule has 4 nitrogen and oxygen atoms in total. The van der Waals surface area contributed by atoms with Crippen LogP contribution in [0.3, 0.4) is 0 Å². The highest BCUT2D eigenvalue weighted by Crippen LogP contribution is 1.90. The fourth-order valence-corrected chi connectivity index (χ4v) is 0.400. The molecule has 10 heavy (non-hydrogen) atoms. The minimum atomic E-state index is -0.250. The van der Waals surface area contributed by atoms with Gasteiger partial charge in [-0.25, -0.2) is 0 Å². The SMILES string of the molecule is O=CO.OCCCCCO. The van der Waals surface area contributed by atoms with Crippen LogP contribution in [0.1, 0.15) is 19.3 Å². The smallest absolute Gasteiger partial charge is 0.290 e. The van der Waals surface area contributed by atoms with Gasteiger partial charge < -0.3 is 15.3 Å². The summed E-state index contributed by atoms with van der Waals surface area (Å²) in [5, 5.41) is 23.3. The summed E-state index contributed by atoms with van der Waals surface area (Å²) in [5.74, 6) is 0. The number of hydrogen-bond donors (Lipinski definition) is 3. The van der Waals surface area contributed by atoms with Crippen molar-refractivity contribution in [3.05, 3.63) is 0 Å². The Kier molecular flexibility index (Phi) is 19.1. The quantitative estimate of drug-likeness (QED) is 0.384. The van der Waals surface area contributed by atoms with E-state index in [-0.39, 0.29) is 19.7 Å². The molecule has 0 bridgehead atoms. The lowest BCUT2D eigenvalue weighted by molar-refractivity contribution is -0.122. The molecule has 0 aromatic carbocycles. The van der Waals surface area contributed by atoms with Crippen molar-refractivity contribution in [3.63, 3.8) is 0 Å². The van der Waals surface area contributed by atoms with Gasteiger partial charge in [-0.3, -0.25) is 4.79 Å². The zero-order valence-corrected chi connectivity index (χ0v) is 5.86. The van der Waals surface area contributed by atoms with Crippen LogP contribution in [0, 0.1) is 0 Å². The molecule has 3 N–H and O–H groups in total. The summed E-state index contributed by atoms with van der Waals surface area (Å²) in [5.41, 5.74) is 0. The van der Waals surface area contributed by atoms with Gasteiger partial charge in [0.25, 0.3) is 6.47 Å². The Bertz CT molecular complexity index is 51.7. The average Bonchev–Trinajstić information content (AvgIpc) is 1.91. The summed E-state index contributed by atoms with van der Waals surface area (Å²) < 4.78 is 0. The molecular weight excluding hydrogens is 136 g/mol. The van der Waals surface area contributed by atoms with Crippen LogP contribution >= 0.6 is 0 Å². The Morgan fingerprint density at radius 3 is 1.50 bits per heavy atom. The second kappa shape index (κ2) is 15.8. The fraction of sp³-hybridized carbons (Fsp3) is 0.833. The molecule has 0 radical (unpaired) electrons. The third kappa shape index (κ3) is 26.3. The number of rotatable bonds is 4. The molecule has 0 aliphatic rings. The maximum Gasteiger partial charge on any atom is 0.290 e. The third-order valence-electron chi connectivity index (χ3n) is 0.816. The van der Waals surface area contributed by atoms with Gasteiger partial charge in [-0.05, 0) is 19.3 Å². The fourth-order valence-electron chi connectivity index (χ4n) is 0.400. The van der Waals surface area contributed by atoms with Crippen LogP contribution in [0.15, 0.2) is 0 Å². The van der Waals surface area contributed by atoms with E-state index >= 15 is 0 Å². The van der Waals surface area contributed by atoms with Crippen molar-refractivity contribution in [1.82, 2.24) is 0 Å². The maximum atomic E-state index is 8.36. The second-order valence-electron chi connectivity index (χ2n) is 1.61. The Hall–Kier alpha value is -0.610. The first-order chi connectivity index (χ1) is 4.83. The Labute approximate surface area is 60.1 Å². The molecule has 0 aliphatic heterocycles. The molecule has 0 aliphatic carbocycles. The summed E-state index contributed by atoms with van der Waals surface area (Å²) in [4.78, 5) is 8.36. The normalized spacial score (nSPS) is 7.80. The van der Waals surface area contributed by atoms with Gasteiger partial charge in [0.05, 0.1) is 0 Å². The molecule has 0 fully saturated rings. The van der Waals surface area contributed by atoms with Gasteiger partial charge in [0.15, 0.2) is 0 Å². The highest BCUT2D eigenvalue weighted by Gasteiger charge is 1.81. The predicted molar refractivity (Wildman–Crippen MR) is 36.7 cm³/mol. The lowest BCUT2D eigenvalue weighted by Crippen LogP contribution is -1.85.